The number of piperidine rings is 1. The number of carbonyl (C=O) groups is 1. The fraction of sp³-hybridized carbons (Fsp3) is 0.381. The number of carbonyl (C=O) groups excluding carboxylic acids is 1. The van der Waals surface area contributed by atoms with Crippen molar-refractivity contribution in [2.45, 2.75) is 25.4 Å². The van der Waals surface area contributed by atoms with Gasteiger partial charge in [0.25, 0.3) is 11.6 Å². The zero-order chi connectivity index (χ0) is 21.7. The summed E-state index contributed by atoms with van der Waals surface area (Å²) in [5.41, 5.74) is 0.828. The Morgan fingerprint density at radius 1 is 1.17 bits per heavy atom. The van der Waals surface area contributed by atoms with Crippen LogP contribution in [-0.2, 0) is 6.54 Å². The second-order valence-corrected chi connectivity index (χ2v) is 7.57. The third-order valence-corrected chi connectivity index (χ3v) is 5.44. The predicted octanol–water partition coefficient (Wildman–Crippen LogP) is 3.66. The van der Waals surface area contributed by atoms with E-state index in [1.54, 1.807) is 0 Å². The van der Waals surface area contributed by atoms with Gasteiger partial charge in [0, 0.05) is 36.8 Å². The van der Waals surface area contributed by atoms with Crippen molar-refractivity contribution in [3.8, 4) is 11.5 Å². The van der Waals surface area contributed by atoms with E-state index in [0.717, 1.165) is 32.5 Å². The van der Waals surface area contributed by atoms with E-state index in [2.05, 4.69) is 10.2 Å². The first-order valence-electron chi connectivity index (χ1n) is 9.59. The Labute approximate surface area is 179 Å². The van der Waals surface area contributed by atoms with Crippen molar-refractivity contribution in [1.82, 2.24) is 10.2 Å². The number of hydrogen-bond donors (Lipinski definition) is 1. The van der Waals surface area contributed by atoms with Crippen LogP contribution in [-0.4, -0.2) is 49.1 Å². The van der Waals surface area contributed by atoms with Gasteiger partial charge in [-0.15, -0.1) is 0 Å². The van der Waals surface area contributed by atoms with Crippen molar-refractivity contribution in [3.63, 3.8) is 0 Å². The van der Waals surface area contributed by atoms with E-state index < -0.39 is 10.8 Å². The Hall–Kier alpha value is -2.84. The summed E-state index contributed by atoms with van der Waals surface area (Å²) in [4.78, 5) is 25.9. The molecule has 0 aromatic heterocycles. The Kier molecular flexibility index (Phi) is 7.12. The van der Waals surface area contributed by atoms with Crippen LogP contribution < -0.4 is 14.8 Å². The molecule has 3 rings (SSSR count). The summed E-state index contributed by atoms with van der Waals surface area (Å²) in [6.07, 6.45) is 1.53. The third kappa shape index (κ3) is 5.20. The average molecular weight is 434 g/mol. The molecule has 1 amide bonds. The number of rotatable bonds is 7. The van der Waals surface area contributed by atoms with E-state index in [1.165, 1.54) is 31.9 Å². The summed E-state index contributed by atoms with van der Waals surface area (Å²) in [5.74, 6) is -0.0129. The molecule has 0 aliphatic carbocycles. The topological polar surface area (TPSA) is 93.9 Å². The molecule has 8 nitrogen and oxygen atoms in total. The number of amides is 1. The van der Waals surface area contributed by atoms with Crippen molar-refractivity contribution in [2.75, 3.05) is 27.3 Å². The first-order valence-corrected chi connectivity index (χ1v) is 9.97. The molecule has 2 aromatic rings. The number of hydrogen-bond acceptors (Lipinski definition) is 6. The molecule has 1 saturated heterocycles. The van der Waals surface area contributed by atoms with Gasteiger partial charge in [-0.05, 0) is 30.5 Å². The highest BCUT2D eigenvalue weighted by Gasteiger charge is 2.27. The Morgan fingerprint density at radius 3 is 2.33 bits per heavy atom. The first-order chi connectivity index (χ1) is 14.4. The van der Waals surface area contributed by atoms with E-state index in [-0.39, 0.29) is 28.8 Å². The van der Waals surface area contributed by atoms with Crippen LogP contribution in [0.25, 0.3) is 0 Å². The maximum absolute atomic E-state index is 12.8. The van der Waals surface area contributed by atoms with Gasteiger partial charge < -0.3 is 14.8 Å². The fourth-order valence-electron chi connectivity index (χ4n) is 3.55. The molecular formula is C21H24ClN3O5. The summed E-state index contributed by atoms with van der Waals surface area (Å²) >= 11 is 5.93. The number of ether oxygens (including phenoxy) is 2. The molecule has 1 fully saturated rings. The van der Waals surface area contributed by atoms with Gasteiger partial charge in [-0.1, -0.05) is 23.7 Å². The molecule has 0 unspecified atom stereocenters. The second-order valence-electron chi connectivity index (χ2n) is 7.13. The molecule has 1 aliphatic heterocycles. The van der Waals surface area contributed by atoms with E-state index in [1.807, 2.05) is 24.3 Å². The number of nitro benzene ring substituents is 1. The maximum Gasteiger partial charge on any atom is 0.286 e. The predicted molar refractivity (Wildman–Crippen MR) is 113 cm³/mol. The van der Waals surface area contributed by atoms with Gasteiger partial charge in [0.1, 0.15) is 5.56 Å². The summed E-state index contributed by atoms with van der Waals surface area (Å²) < 4.78 is 10.3. The van der Waals surface area contributed by atoms with Gasteiger partial charge in [-0.25, -0.2) is 0 Å². The average Bonchev–Trinajstić information content (AvgIpc) is 2.75. The van der Waals surface area contributed by atoms with Crippen molar-refractivity contribution < 1.29 is 19.2 Å². The van der Waals surface area contributed by atoms with Gasteiger partial charge in [0.2, 0.25) is 0 Å². The number of nitro groups is 1. The second kappa shape index (κ2) is 9.77. The standard InChI is InChI=1S/C21H24ClN3O5/c1-29-19-11-17(18(25(27)28)12-20(19)30-2)21(26)23-16-7-9-24(10-8-16)13-14-3-5-15(22)6-4-14/h3-6,11-12,16H,7-10,13H2,1-2H3,(H,23,26). The summed E-state index contributed by atoms with van der Waals surface area (Å²) in [6.45, 7) is 2.46. The zero-order valence-electron chi connectivity index (χ0n) is 16.9. The SMILES string of the molecule is COc1cc(C(=O)NC2CCN(Cc3ccc(Cl)cc3)CC2)c([N+](=O)[O-])cc1OC. The molecule has 0 bridgehead atoms. The van der Waals surface area contributed by atoms with Gasteiger partial charge in [-0.2, -0.15) is 0 Å². The van der Waals surface area contributed by atoms with Gasteiger partial charge in [-0.3, -0.25) is 19.8 Å². The monoisotopic (exact) mass is 433 g/mol. The fourth-order valence-corrected chi connectivity index (χ4v) is 3.67. The number of halogens is 1. The Balaban J connectivity index is 1.63. The zero-order valence-corrected chi connectivity index (χ0v) is 17.6. The number of likely N-dealkylation sites (tertiary alicyclic amines) is 1. The molecule has 0 spiro atoms. The molecule has 1 N–H and O–H groups in total. The van der Waals surface area contributed by atoms with E-state index in [0.29, 0.717) is 5.02 Å². The van der Waals surface area contributed by atoms with Crippen molar-refractivity contribution in [1.29, 1.82) is 0 Å². The normalized spacial score (nSPS) is 14.9. The van der Waals surface area contributed by atoms with E-state index >= 15 is 0 Å². The molecule has 1 heterocycles. The molecule has 160 valence electrons. The molecule has 1 aliphatic rings. The van der Waals surface area contributed by atoms with Crippen LogP contribution in [0.3, 0.4) is 0 Å². The maximum atomic E-state index is 12.8. The lowest BCUT2D eigenvalue weighted by atomic mass is 10.0. The van der Waals surface area contributed by atoms with Crippen LogP contribution in [0, 0.1) is 10.1 Å². The lowest BCUT2D eigenvalue weighted by Gasteiger charge is -2.32. The van der Waals surface area contributed by atoms with Crippen LogP contribution in [0.15, 0.2) is 36.4 Å². The van der Waals surface area contributed by atoms with Crippen LogP contribution in [0.5, 0.6) is 11.5 Å². The van der Waals surface area contributed by atoms with Gasteiger partial charge in [0.15, 0.2) is 11.5 Å². The highest BCUT2D eigenvalue weighted by atomic mass is 35.5. The highest BCUT2D eigenvalue weighted by Crippen LogP contribution is 2.34. The van der Waals surface area contributed by atoms with Crippen molar-refractivity contribution in [3.05, 3.63) is 62.7 Å². The molecule has 2 aromatic carbocycles. The summed E-state index contributed by atoms with van der Waals surface area (Å²) in [6, 6.07) is 10.3. The number of methoxy groups -OCH3 is 2. The van der Waals surface area contributed by atoms with E-state index in [9.17, 15) is 14.9 Å². The lowest BCUT2D eigenvalue weighted by Crippen LogP contribution is -2.44. The lowest BCUT2D eigenvalue weighted by molar-refractivity contribution is -0.385. The van der Waals surface area contributed by atoms with Gasteiger partial charge in [0.05, 0.1) is 25.2 Å². The van der Waals surface area contributed by atoms with Gasteiger partial charge >= 0.3 is 0 Å². The highest BCUT2D eigenvalue weighted by molar-refractivity contribution is 6.30. The minimum atomic E-state index is -0.592. The quantitative estimate of drug-likeness (QED) is 0.529. The molecule has 0 atom stereocenters. The van der Waals surface area contributed by atoms with Crippen LogP contribution in [0.1, 0.15) is 28.8 Å². The Morgan fingerprint density at radius 2 is 1.77 bits per heavy atom. The molecule has 0 saturated carbocycles. The van der Waals surface area contributed by atoms with Crippen LogP contribution in [0.2, 0.25) is 5.02 Å². The Bertz CT molecular complexity index is 912. The number of nitrogens with one attached hydrogen (secondary N) is 1. The number of benzene rings is 2. The van der Waals surface area contributed by atoms with Crippen molar-refractivity contribution >= 4 is 23.2 Å². The third-order valence-electron chi connectivity index (χ3n) is 5.19. The van der Waals surface area contributed by atoms with Crippen LogP contribution >= 0.6 is 11.6 Å². The number of nitrogens with zero attached hydrogens (tertiary/aromatic N) is 2. The summed E-state index contributed by atoms with van der Waals surface area (Å²) in [7, 11) is 2.81. The largest absolute Gasteiger partial charge is 0.493 e. The minimum Gasteiger partial charge on any atom is -0.493 e. The molecule has 9 heteroatoms. The van der Waals surface area contributed by atoms with Crippen LogP contribution in [0.4, 0.5) is 5.69 Å². The molecular weight excluding hydrogens is 410 g/mol. The molecule has 30 heavy (non-hydrogen) atoms. The van der Waals surface area contributed by atoms with Crippen molar-refractivity contribution in [2.24, 2.45) is 0 Å². The molecule has 0 radical (unpaired) electrons. The first kappa shape index (κ1) is 21.9. The smallest absolute Gasteiger partial charge is 0.286 e. The summed E-state index contributed by atoms with van der Waals surface area (Å²) in [5, 5.41) is 15.1. The van der Waals surface area contributed by atoms with E-state index in [4.69, 9.17) is 21.1 Å². The minimum absolute atomic E-state index is 0.0405.